The third-order valence-electron chi connectivity index (χ3n) is 3.08. The number of ketones is 1. The molecule has 0 atom stereocenters. The van der Waals surface area contributed by atoms with E-state index in [4.69, 9.17) is 0 Å². The van der Waals surface area contributed by atoms with Crippen LogP contribution in [0, 0.1) is 19.7 Å². The van der Waals surface area contributed by atoms with Gasteiger partial charge in [-0.1, -0.05) is 0 Å². The van der Waals surface area contributed by atoms with E-state index in [9.17, 15) is 14.0 Å². The van der Waals surface area contributed by atoms with Crippen molar-refractivity contribution in [1.82, 2.24) is 9.55 Å². The van der Waals surface area contributed by atoms with Gasteiger partial charge in [0.15, 0.2) is 5.78 Å². The van der Waals surface area contributed by atoms with Crippen LogP contribution in [0.25, 0.3) is 0 Å². The average Bonchev–Trinajstić information content (AvgIpc) is 2.38. The maximum absolute atomic E-state index is 12.8. The highest BCUT2D eigenvalue weighted by atomic mass is 19.1. The van der Waals surface area contributed by atoms with E-state index in [-0.39, 0.29) is 30.3 Å². The fourth-order valence-corrected chi connectivity index (χ4v) is 2.04. The van der Waals surface area contributed by atoms with Crippen molar-refractivity contribution in [2.24, 2.45) is 0 Å². The third kappa shape index (κ3) is 3.17. The third-order valence-corrected chi connectivity index (χ3v) is 3.08. The summed E-state index contributed by atoms with van der Waals surface area (Å²) in [6.07, 6.45) is 0.178. The van der Waals surface area contributed by atoms with Gasteiger partial charge >= 0.3 is 5.69 Å². The van der Waals surface area contributed by atoms with Gasteiger partial charge < -0.3 is 0 Å². The standard InChI is InChI=1S/C15H15FN2O2/c1-10-9-11(2)18(15(20)17-10)8-7-14(19)12-3-5-13(16)6-4-12/h3-6,9H,7-8H2,1-2H3. The van der Waals surface area contributed by atoms with Crippen molar-refractivity contribution < 1.29 is 9.18 Å². The summed E-state index contributed by atoms with van der Waals surface area (Å²) in [5.41, 5.74) is 1.52. The lowest BCUT2D eigenvalue weighted by molar-refractivity contribution is 0.0976. The Morgan fingerprint density at radius 1 is 1.25 bits per heavy atom. The molecule has 5 heteroatoms. The summed E-state index contributed by atoms with van der Waals surface area (Å²) in [6, 6.07) is 7.18. The highest BCUT2D eigenvalue weighted by Crippen LogP contribution is 2.07. The molecule has 4 nitrogen and oxygen atoms in total. The number of halogens is 1. The molecule has 0 radical (unpaired) electrons. The van der Waals surface area contributed by atoms with Crippen molar-refractivity contribution in [3.8, 4) is 0 Å². The van der Waals surface area contributed by atoms with Crippen molar-refractivity contribution in [2.75, 3.05) is 0 Å². The Morgan fingerprint density at radius 3 is 2.50 bits per heavy atom. The van der Waals surface area contributed by atoms with Gasteiger partial charge in [0.1, 0.15) is 5.82 Å². The minimum Gasteiger partial charge on any atom is -0.296 e. The van der Waals surface area contributed by atoms with Crippen LogP contribution in [0.3, 0.4) is 0 Å². The lowest BCUT2D eigenvalue weighted by Crippen LogP contribution is -2.26. The minimum atomic E-state index is -0.378. The van der Waals surface area contributed by atoms with Gasteiger partial charge in [0.05, 0.1) is 0 Å². The number of benzene rings is 1. The molecule has 0 aliphatic heterocycles. The molecule has 0 N–H and O–H groups in total. The molecule has 0 saturated carbocycles. The minimum absolute atomic E-state index is 0.128. The highest BCUT2D eigenvalue weighted by molar-refractivity contribution is 5.95. The van der Waals surface area contributed by atoms with E-state index in [1.807, 2.05) is 0 Å². The van der Waals surface area contributed by atoms with Crippen LogP contribution in [0.5, 0.6) is 0 Å². The van der Waals surface area contributed by atoms with Gasteiger partial charge in [0.25, 0.3) is 0 Å². The predicted octanol–water partition coefficient (Wildman–Crippen LogP) is 2.27. The second kappa shape index (κ2) is 5.77. The Bertz CT molecular complexity index is 690. The largest absolute Gasteiger partial charge is 0.347 e. The molecule has 0 unspecified atom stereocenters. The summed E-state index contributed by atoms with van der Waals surface area (Å²) in [6.45, 7) is 3.83. The Hall–Kier alpha value is -2.30. The van der Waals surface area contributed by atoms with Gasteiger partial charge in [-0.3, -0.25) is 9.36 Å². The number of rotatable bonds is 4. The van der Waals surface area contributed by atoms with Crippen LogP contribution in [-0.4, -0.2) is 15.3 Å². The maximum Gasteiger partial charge on any atom is 0.347 e. The smallest absolute Gasteiger partial charge is 0.296 e. The van der Waals surface area contributed by atoms with Crippen LogP contribution in [0.2, 0.25) is 0 Å². The van der Waals surface area contributed by atoms with Crippen molar-refractivity contribution in [1.29, 1.82) is 0 Å². The van der Waals surface area contributed by atoms with E-state index in [1.54, 1.807) is 19.9 Å². The summed E-state index contributed by atoms with van der Waals surface area (Å²) in [5.74, 6) is -0.506. The fourth-order valence-electron chi connectivity index (χ4n) is 2.04. The zero-order valence-electron chi connectivity index (χ0n) is 11.4. The summed E-state index contributed by atoms with van der Waals surface area (Å²) in [7, 11) is 0. The molecule has 2 rings (SSSR count). The van der Waals surface area contributed by atoms with Crippen LogP contribution in [0.15, 0.2) is 35.1 Å². The van der Waals surface area contributed by atoms with E-state index in [1.165, 1.54) is 28.8 Å². The Labute approximate surface area is 115 Å². The zero-order chi connectivity index (χ0) is 14.7. The number of aryl methyl sites for hydroxylation is 2. The summed E-state index contributed by atoms with van der Waals surface area (Å²) >= 11 is 0. The van der Waals surface area contributed by atoms with Crippen LogP contribution in [0.1, 0.15) is 28.2 Å². The highest BCUT2D eigenvalue weighted by Gasteiger charge is 2.09. The normalized spacial score (nSPS) is 10.6. The molecule has 0 amide bonds. The van der Waals surface area contributed by atoms with Crippen molar-refractivity contribution in [2.45, 2.75) is 26.8 Å². The summed E-state index contributed by atoms with van der Waals surface area (Å²) in [4.78, 5) is 27.5. The van der Waals surface area contributed by atoms with Crippen LogP contribution >= 0.6 is 0 Å². The molecule has 104 valence electrons. The van der Waals surface area contributed by atoms with Crippen LogP contribution in [-0.2, 0) is 6.54 Å². The van der Waals surface area contributed by atoms with Crippen molar-refractivity contribution in [3.63, 3.8) is 0 Å². The Morgan fingerprint density at radius 2 is 1.90 bits per heavy atom. The van der Waals surface area contributed by atoms with E-state index in [0.29, 0.717) is 11.3 Å². The summed E-state index contributed by atoms with van der Waals surface area (Å²) < 4.78 is 14.2. The second-order valence-electron chi connectivity index (χ2n) is 4.65. The molecule has 0 fully saturated rings. The number of Topliss-reactive ketones (excluding diaryl/α,β-unsaturated/α-hetero) is 1. The molecule has 1 aromatic carbocycles. The molecule has 1 heterocycles. The van der Waals surface area contributed by atoms with Crippen LogP contribution in [0.4, 0.5) is 4.39 Å². The number of carbonyl (C=O) groups excluding carboxylic acids is 1. The molecule has 20 heavy (non-hydrogen) atoms. The zero-order valence-corrected chi connectivity index (χ0v) is 11.4. The molecular weight excluding hydrogens is 259 g/mol. The SMILES string of the molecule is Cc1cc(C)n(CCC(=O)c2ccc(F)cc2)c(=O)n1. The first-order valence-corrected chi connectivity index (χ1v) is 6.31. The van der Waals surface area contributed by atoms with E-state index in [0.717, 1.165) is 5.69 Å². The second-order valence-corrected chi connectivity index (χ2v) is 4.65. The molecule has 0 saturated heterocycles. The van der Waals surface area contributed by atoms with E-state index in [2.05, 4.69) is 4.98 Å². The van der Waals surface area contributed by atoms with Gasteiger partial charge in [-0.2, -0.15) is 4.98 Å². The van der Waals surface area contributed by atoms with Gasteiger partial charge in [-0.15, -0.1) is 0 Å². The number of carbonyl (C=O) groups is 1. The number of hydrogen-bond acceptors (Lipinski definition) is 3. The first-order valence-electron chi connectivity index (χ1n) is 6.31. The van der Waals surface area contributed by atoms with Gasteiger partial charge in [-0.25, -0.2) is 9.18 Å². The average molecular weight is 274 g/mol. The molecule has 0 aliphatic carbocycles. The predicted molar refractivity (Wildman–Crippen MR) is 73.3 cm³/mol. The first kappa shape index (κ1) is 14.1. The van der Waals surface area contributed by atoms with Gasteiger partial charge in [-0.05, 0) is 44.2 Å². The fraction of sp³-hybridized carbons (Fsp3) is 0.267. The van der Waals surface area contributed by atoms with Crippen molar-refractivity contribution in [3.05, 3.63) is 63.6 Å². The lowest BCUT2D eigenvalue weighted by Gasteiger charge is -2.09. The monoisotopic (exact) mass is 274 g/mol. The quantitative estimate of drug-likeness (QED) is 0.804. The van der Waals surface area contributed by atoms with Gasteiger partial charge in [0, 0.05) is 29.9 Å². The van der Waals surface area contributed by atoms with Gasteiger partial charge in [0.2, 0.25) is 0 Å². The topological polar surface area (TPSA) is 52.0 Å². The number of nitrogens with zero attached hydrogens (tertiary/aromatic N) is 2. The van der Waals surface area contributed by atoms with Crippen molar-refractivity contribution >= 4 is 5.78 Å². The molecular formula is C15H15FN2O2. The van der Waals surface area contributed by atoms with Crippen LogP contribution < -0.4 is 5.69 Å². The first-order chi connectivity index (χ1) is 9.47. The number of aromatic nitrogens is 2. The van der Waals surface area contributed by atoms with E-state index >= 15 is 0 Å². The molecule has 1 aromatic heterocycles. The molecule has 2 aromatic rings. The molecule has 0 aliphatic rings. The molecule has 0 bridgehead atoms. The maximum atomic E-state index is 12.8. The Balaban J connectivity index is 2.11. The van der Waals surface area contributed by atoms with E-state index < -0.39 is 0 Å². The summed E-state index contributed by atoms with van der Waals surface area (Å²) in [5, 5.41) is 0. The Kier molecular flexibility index (Phi) is 4.08. The number of hydrogen-bond donors (Lipinski definition) is 0. The lowest BCUT2D eigenvalue weighted by atomic mass is 10.1. The molecule has 0 spiro atoms.